The number of anilines is 1. The summed E-state index contributed by atoms with van der Waals surface area (Å²) in [6.07, 6.45) is 1.26. The van der Waals surface area contributed by atoms with Crippen LogP contribution in [0, 0.1) is 0 Å². The van der Waals surface area contributed by atoms with E-state index in [1.807, 2.05) is 24.1 Å². The summed E-state index contributed by atoms with van der Waals surface area (Å²) in [7, 11) is 1.95. The predicted octanol–water partition coefficient (Wildman–Crippen LogP) is 1.64. The Bertz CT molecular complexity index is 467. The van der Waals surface area contributed by atoms with Crippen molar-refractivity contribution in [1.29, 1.82) is 0 Å². The van der Waals surface area contributed by atoms with Crippen LogP contribution >= 0.6 is 0 Å². The van der Waals surface area contributed by atoms with E-state index in [9.17, 15) is 5.11 Å². The molecular weight excluding hydrogens is 280 g/mol. The number of ether oxygens (including phenoxy) is 1. The fraction of sp³-hybridized carbons (Fsp3) is 0.647. The van der Waals surface area contributed by atoms with Gasteiger partial charge in [0.2, 0.25) is 0 Å². The summed E-state index contributed by atoms with van der Waals surface area (Å²) in [6, 6.07) is 6.01. The first-order valence-electron chi connectivity index (χ1n) is 8.15. The van der Waals surface area contributed by atoms with Gasteiger partial charge in [-0.15, -0.1) is 0 Å². The number of fused-ring (bicyclic) bond motifs is 1. The average molecular weight is 308 g/mol. The van der Waals surface area contributed by atoms with E-state index in [4.69, 9.17) is 9.84 Å². The molecule has 0 aromatic heterocycles. The van der Waals surface area contributed by atoms with Gasteiger partial charge in [-0.25, -0.2) is 0 Å². The van der Waals surface area contributed by atoms with E-state index >= 15 is 0 Å². The first kappa shape index (κ1) is 17.1. The third-order valence-corrected chi connectivity index (χ3v) is 4.09. The highest BCUT2D eigenvalue weighted by molar-refractivity contribution is 5.61. The molecule has 1 aliphatic heterocycles. The molecular formula is C17H28N2O3. The highest BCUT2D eigenvalue weighted by atomic mass is 16.5. The number of hydrogen-bond donors (Lipinski definition) is 2. The lowest BCUT2D eigenvalue weighted by atomic mass is 10.0. The summed E-state index contributed by atoms with van der Waals surface area (Å²) in [5.74, 6) is 0.875. The number of aliphatic hydroxyl groups excluding tert-OH is 2. The van der Waals surface area contributed by atoms with Gasteiger partial charge in [0.05, 0.1) is 24.9 Å². The van der Waals surface area contributed by atoms with Gasteiger partial charge in [-0.2, -0.15) is 0 Å². The SMILES string of the molecule is CCCN1CCOc2cc(C(O)CCN(C)CCO)ccc21. The molecule has 0 aliphatic carbocycles. The minimum Gasteiger partial charge on any atom is -0.490 e. The quantitative estimate of drug-likeness (QED) is 0.765. The molecule has 5 heteroatoms. The first-order valence-corrected chi connectivity index (χ1v) is 8.15. The molecule has 0 spiro atoms. The standard InChI is InChI=1S/C17H28N2O3/c1-3-7-19-10-12-22-17-13-14(4-5-15(17)19)16(21)6-8-18(2)9-11-20/h4-5,13,16,20-21H,3,6-12H2,1-2H3. The van der Waals surface area contributed by atoms with Gasteiger partial charge in [0.1, 0.15) is 12.4 Å². The van der Waals surface area contributed by atoms with Crippen molar-refractivity contribution in [3.63, 3.8) is 0 Å². The lowest BCUT2D eigenvalue weighted by molar-refractivity contribution is 0.141. The molecule has 1 heterocycles. The van der Waals surface area contributed by atoms with Crippen molar-refractivity contribution in [2.24, 2.45) is 0 Å². The van der Waals surface area contributed by atoms with Gasteiger partial charge in [-0.05, 0) is 37.6 Å². The Hall–Kier alpha value is -1.30. The molecule has 22 heavy (non-hydrogen) atoms. The lowest BCUT2D eigenvalue weighted by Crippen LogP contribution is -2.33. The number of benzene rings is 1. The molecule has 2 N–H and O–H groups in total. The normalized spacial score (nSPS) is 15.6. The molecule has 1 aromatic rings. The van der Waals surface area contributed by atoms with E-state index in [1.54, 1.807) is 0 Å². The summed E-state index contributed by atoms with van der Waals surface area (Å²) in [5.41, 5.74) is 2.02. The smallest absolute Gasteiger partial charge is 0.143 e. The van der Waals surface area contributed by atoms with E-state index in [2.05, 4.69) is 17.9 Å². The second-order valence-corrected chi connectivity index (χ2v) is 5.89. The van der Waals surface area contributed by atoms with Crippen molar-refractivity contribution in [2.75, 3.05) is 51.3 Å². The van der Waals surface area contributed by atoms with Gasteiger partial charge >= 0.3 is 0 Å². The molecule has 124 valence electrons. The number of aliphatic hydroxyl groups is 2. The molecule has 1 aromatic carbocycles. The molecule has 0 bridgehead atoms. The number of hydrogen-bond acceptors (Lipinski definition) is 5. The van der Waals surface area contributed by atoms with Crippen molar-refractivity contribution < 1.29 is 14.9 Å². The van der Waals surface area contributed by atoms with Crippen molar-refractivity contribution in [2.45, 2.75) is 25.9 Å². The molecule has 2 rings (SSSR count). The van der Waals surface area contributed by atoms with Crippen molar-refractivity contribution in [1.82, 2.24) is 4.90 Å². The topological polar surface area (TPSA) is 56.2 Å². The molecule has 1 atom stereocenters. The van der Waals surface area contributed by atoms with Crippen molar-refractivity contribution >= 4 is 5.69 Å². The Morgan fingerprint density at radius 3 is 2.91 bits per heavy atom. The molecule has 0 saturated carbocycles. The zero-order valence-corrected chi connectivity index (χ0v) is 13.7. The van der Waals surface area contributed by atoms with Crippen LogP contribution in [0.4, 0.5) is 5.69 Å². The fourth-order valence-electron chi connectivity index (χ4n) is 2.80. The van der Waals surface area contributed by atoms with Crippen LogP contribution < -0.4 is 9.64 Å². The summed E-state index contributed by atoms with van der Waals surface area (Å²) in [5, 5.41) is 19.2. The zero-order chi connectivity index (χ0) is 15.9. The molecule has 1 unspecified atom stereocenters. The van der Waals surface area contributed by atoms with E-state index in [1.165, 1.54) is 0 Å². The number of nitrogens with zero attached hydrogens (tertiary/aromatic N) is 2. The number of rotatable bonds is 8. The highest BCUT2D eigenvalue weighted by Crippen LogP contribution is 2.34. The maximum Gasteiger partial charge on any atom is 0.143 e. The Kier molecular flexibility index (Phi) is 6.49. The van der Waals surface area contributed by atoms with Gasteiger partial charge in [-0.3, -0.25) is 0 Å². The third kappa shape index (κ3) is 4.35. The van der Waals surface area contributed by atoms with Gasteiger partial charge in [-0.1, -0.05) is 13.0 Å². The van der Waals surface area contributed by atoms with E-state index in [0.29, 0.717) is 19.6 Å². The summed E-state index contributed by atoms with van der Waals surface area (Å²) in [6.45, 7) is 6.36. The zero-order valence-electron chi connectivity index (χ0n) is 13.7. The first-order chi connectivity index (χ1) is 10.7. The lowest BCUT2D eigenvalue weighted by Gasteiger charge is -2.31. The third-order valence-electron chi connectivity index (χ3n) is 4.09. The fourth-order valence-corrected chi connectivity index (χ4v) is 2.80. The van der Waals surface area contributed by atoms with Crippen LogP contribution in [-0.2, 0) is 0 Å². The maximum absolute atomic E-state index is 10.4. The molecule has 0 saturated heterocycles. The van der Waals surface area contributed by atoms with Gasteiger partial charge in [0.15, 0.2) is 0 Å². The van der Waals surface area contributed by atoms with Crippen molar-refractivity contribution in [3.05, 3.63) is 23.8 Å². The van der Waals surface area contributed by atoms with E-state index < -0.39 is 6.10 Å². The Morgan fingerprint density at radius 1 is 1.36 bits per heavy atom. The summed E-state index contributed by atoms with van der Waals surface area (Å²) < 4.78 is 5.76. The summed E-state index contributed by atoms with van der Waals surface area (Å²) >= 11 is 0. The van der Waals surface area contributed by atoms with Gasteiger partial charge in [0.25, 0.3) is 0 Å². The van der Waals surface area contributed by atoms with Crippen LogP contribution in [0.25, 0.3) is 0 Å². The van der Waals surface area contributed by atoms with Crippen LogP contribution in [0.5, 0.6) is 5.75 Å². The molecule has 0 fully saturated rings. The Morgan fingerprint density at radius 2 is 2.18 bits per heavy atom. The molecule has 1 aliphatic rings. The summed E-state index contributed by atoms with van der Waals surface area (Å²) in [4.78, 5) is 4.35. The Balaban J connectivity index is 2.00. The largest absolute Gasteiger partial charge is 0.490 e. The van der Waals surface area contributed by atoms with E-state index in [0.717, 1.165) is 43.1 Å². The molecule has 0 amide bonds. The van der Waals surface area contributed by atoms with Crippen LogP contribution in [0.15, 0.2) is 18.2 Å². The highest BCUT2D eigenvalue weighted by Gasteiger charge is 2.19. The second kappa shape index (κ2) is 8.36. The van der Waals surface area contributed by atoms with Crippen LogP contribution in [0.2, 0.25) is 0 Å². The maximum atomic E-state index is 10.4. The molecule has 5 nitrogen and oxygen atoms in total. The number of likely N-dealkylation sites (N-methyl/N-ethyl adjacent to an activating group) is 1. The second-order valence-electron chi connectivity index (χ2n) is 5.89. The van der Waals surface area contributed by atoms with Crippen LogP contribution in [0.1, 0.15) is 31.4 Å². The van der Waals surface area contributed by atoms with Gasteiger partial charge < -0.3 is 24.7 Å². The van der Waals surface area contributed by atoms with Crippen LogP contribution in [0.3, 0.4) is 0 Å². The van der Waals surface area contributed by atoms with Crippen LogP contribution in [-0.4, -0.2) is 61.6 Å². The Labute approximate surface area is 133 Å². The van der Waals surface area contributed by atoms with E-state index in [-0.39, 0.29) is 6.61 Å². The minimum absolute atomic E-state index is 0.145. The van der Waals surface area contributed by atoms with Gasteiger partial charge in [0, 0.05) is 19.6 Å². The van der Waals surface area contributed by atoms with Crippen molar-refractivity contribution in [3.8, 4) is 5.75 Å². The monoisotopic (exact) mass is 308 g/mol. The molecule has 0 radical (unpaired) electrons. The predicted molar refractivity (Wildman–Crippen MR) is 88.6 cm³/mol. The average Bonchev–Trinajstić information content (AvgIpc) is 2.53. The minimum atomic E-state index is -0.503.